The number of hydrogen-bond donors (Lipinski definition) is 1. The molecule has 2 aliphatic heterocycles. The molecule has 5 aromatic rings. The number of nitrogens with one attached hydrogen (secondary N) is 1. The Morgan fingerprint density at radius 2 is 1.56 bits per heavy atom. The van der Waals surface area contributed by atoms with Crippen LogP contribution < -0.4 is 19.9 Å². The molecular formula is C47H56F2N8O6. The van der Waals surface area contributed by atoms with Gasteiger partial charge in [0, 0.05) is 67.5 Å². The lowest BCUT2D eigenvalue weighted by Crippen LogP contribution is -2.58. The van der Waals surface area contributed by atoms with Crippen LogP contribution in [0.4, 0.5) is 35.4 Å². The predicted molar refractivity (Wildman–Crippen MR) is 236 cm³/mol. The van der Waals surface area contributed by atoms with Crippen molar-refractivity contribution in [2.45, 2.75) is 77.3 Å². The summed E-state index contributed by atoms with van der Waals surface area (Å²) in [5.74, 6) is -2.36. The predicted octanol–water partition coefficient (Wildman–Crippen LogP) is 7.91. The Labute approximate surface area is 367 Å². The van der Waals surface area contributed by atoms with Crippen LogP contribution in [0.3, 0.4) is 0 Å². The van der Waals surface area contributed by atoms with Gasteiger partial charge in [-0.15, -0.1) is 0 Å². The first kappa shape index (κ1) is 44.8. The molecule has 0 radical (unpaired) electrons. The summed E-state index contributed by atoms with van der Waals surface area (Å²) in [6.07, 6.45) is 1.88. The molecule has 4 atom stereocenters. The fourth-order valence-electron chi connectivity index (χ4n) is 7.98. The molecule has 14 nitrogen and oxygen atoms in total. The minimum Gasteiger partial charge on any atom is -0.491 e. The van der Waals surface area contributed by atoms with Crippen molar-refractivity contribution in [3.8, 4) is 5.75 Å². The first-order valence-electron chi connectivity index (χ1n) is 21.2. The van der Waals surface area contributed by atoms with Gasteiger partial charge in [0.25, 0.3) is 0 Å². The third-order valence-corrected chi connectivity index (χ3v) is 11.6. The number of urea groups is 1. The van der Waals surface area contributed by atoms with Crippen molar-refractivity contribution in [3.63, 3.8) is 0 Å². The van der Waals surface area contributed by atoms with E-state index in [1.54, 1.807) is 16.8 Å². The molecule has 3 amide bonds. The van der Waals surface area contributed by atoms with E-state index in [0.29, 0.717) is 11.4 Å². The molecule has 16 heteroatoms. The van der Waals surface area contributed by atoms with E-state index in [4.69, 9.17) is 18.9 Å². The Kier molecular flexibility index (Phi) is 13.8. The van der Waals surface area contributed by atoms with Gasteiger partial charge in [0.05, 0.1) is 18.7 Å². The summed E-state index contributed by atoms with van der Waals surface area (Å²) in [6.45, 7) is 13.4. The number of rotatable bonds is 14. The monoisotopic (exact) mass is 866 g/mol. The van der Waals surface area contributed by atoms with Gasteiger partial charge < -0.3 is 39.0 Å². The number of piperazine rings is 1. The number of nitrogens with zero attached hydrogens (tertiary/aromatic N) is 7. The van der Waals surface area contributed by atoms with Crippen molar-refractivity contribution >= 4 is 29.2 Å². The number of carbonyl (C=O) groups is 2. The second-order valence-electron chi connectivity index (χ2n) is 17.0. The average molecular weight is 867 g/mol. The molecule has 63 heavy (non-hydrogen) atoms. The highest BCUT2D eigenvalue weighted by atomic mass is 19.1. The van der Waals surface area contributed by atoms with Gasteiger partial charge in [-0.05, 0) is 101 Å². The van der Waals surface area contributed by atoms with E-state index < -0.39 is 35.2 Å². The van der Waals surface area contributed by atoms with Crippen LogP contribution in [0.15, 0.2) is 110 Å². The maximum atomic E-state index is 15.0. The van der Waals surface area contributed by atoms with E-state index in [-0.39, 0.29) is 50.0 Å². The molecule has 0 saturated carbocycles. The molecule has 1 aromatic heterocycles. The zero-order chi connectivity index (χ0) is 44.7. The van der Waals surface area contributed by atoms with E-state index in [9.17, 15) is 18.4 Å². The summed E-state index contributed by atoms with van der Waals surface area (Å²) < 4.78 is 54.3. The van der Waals surface area contributed by atoms with Gasteiger partial charge in [0.1, 0.15) is 55.9 Å². The van der Waals surface area contributed by atoms with Crippen LogP contribution in [0, 0.1) is 11.6 Å². The van der Waals surface area contributed by atoms with Gasteiger partial charge in [0.2, 0.25) is 5.79 Å². The number of hydrogen-bond acceptors (Lipinski definition) is 10. The van der Waals surface area contributed by atoms with Crippen LogP contribution in [0.25, 0.3) is 0 Å². The van der Waals surface area contributed by atoms with E-state index in [1.165, 1.54) is 29.5 Å². The smallest absolute Gasteiger partial charge is 0.410 e. The largest absolute Gasteiger partial charge is 0.491 e. The van der Waals surface area contributed by atoms with Gasteiger partial charge in [0.15, 0.2) is 0 Å². The normalized spacial score (nSPS) is 18.7. The minimum absolute atomic E-state index is 0.0188. The first-order chi connectivity index (χ1) is 30.2. The lowest BCUT2D eigenvalue weighted by Gasteiger charge is -2.43. The van der Waals surface area contributed by atoms with Crippen molar-refractivity contribution in [1.82, 2.24) is 24.6 Å². The summed E-state index contributed by atoms with van der Waals surface area (Å²) >= 11 is 0. The lowest BCUT2D eigenvalue weighted by atomic mass is 10.00. The Balaban J connectivity index is 0.868. The SMILES string of the molecule is CC([C@H](C)N(C)C(=O)Nc1ccc(N2CCN(c3ccc(OC[C@@H]4CO[C@@](Cn5cncn5)(c5ccc(F)cc5F)O4)cc3)CC2)cc1)N(C(=O)OCc1ccccc1)C(C)(C)C. The molecule has 4 aromatic carbocycles. The Morgan fingerprint density at radius 1 is 0.905 bits per heavy atom. The van der Waals surface area contributed by atoms with Crippen LogP contribution in [0.1, 0.15) is 45.7 Å². The highest BCUT2D eigenvalue weighted by molar-refractivity contribution is 5.89. The first-order valence-corrected chi connectivity index (χ1v) is 21.2. The molecule has 1 unspecified atom stereocenters. The minimum atomic E-state index is -1.53. The molecule has 0 aliphatic carbocycles. The van der Waals surface area contributed by atoms with Crippen LogP contribution in [0.5, 0.6) is 5.75 Å². The maximum absolute atomic E-state index is 15.0. The molecule has 0 spiro atoms. The fraction of sp³-hybridized carbons (Fsp3) is 0.404. The second kappa shape index (κ2) is 19.4. The number of amides is 3. The molecular weight excluding hydrogens is 811 g/mol. The van der Waals surface area contributed by atoms with E-state index in [1.807, 2.05) is 113 Å². The number of aromatic nitrogens is 3. The zero-order valence-corrected chi connectivity index (χ0v) is 36.6. The maximum Gasteiger partial charge on any atom is 0.410 e. The van der Waals surface area contributed by atoms with E-state index >= 15 is 0 Å². The molecule has 1 N–H and O–H groups in total. The quantitative estimate of drug-likeness (QED) is 0.118. The van der Waals surface area contributed by atoms with Gasteiger partial charge in [-0.2, -0.15) is 5.10 Å². The fourth-order valence-corrected chi connectivity index (χ4v) is 7.98. The highest BCUT2D eigenvalue weighted by Crippen LogP contribution is 2.38. The molecule has 2 aliphatic rings. The van der Waals surface area contributed by atoms with Crippen molar-refractivity contribution < 1.29 is 37.3 Å². The standard InChI is InChI=1S/C47H56F2N8O6/c1-33(34(2)57(46(3,4)5)45(59)61-27-35-10-8-7-9-11-35)53(6)44(58)52-37-13-15-38(16-14-37)54-22-24-55(25-23-54)39-17-19-40(20-18-39)60-28-41-29-62-47(63-41,30-56-32-50-31-51-56)42-21-12-36(48)26-43(42)49/h7-21,26,31-34,41H,22-25,27-30H2,1-6H3,(H,52,58)/t33-,34?,41+,47+/m0/s1. The number of halogens is 2. The topological polar surface area (TPSA) is 127 Å². The summed E-state index contributed by atoms with van der Waals surface area (Å²) in [4.78, 5) is 38.7. The molecule has 2 saturated heterocycles. The molecule has 334 valence electrons. The third kappa shape index (κ3) is 10.9. The number of anilines is 3. The second-order valence-corrected chi connectivity index (χ2v) is 17.0. The Hall–Kier alpha value is -6.26. The van der Waals surface area contributed by atoms with Crippen molar-refractivity contribution in [3.05, 3.63) is 132 Å². The summed E-state index contributed by atoms with van der Waals surface area (Å²) in [6, 6.07) is 27.6. The van der Waals surface area contributed by atoms with Crippen LogP contribution in [-0.4, -0.2) is 107 Å². The van der Waals surface area contributed by atoms with Crippen LogP contribution >= 0.6 is 0 Å². The van der Waals surface area contributed by atoms with Gasteiger partial charge in [-0.3, -0.25) is 4.90 Å². The van der Waals surface area contributed by atoms with Crippen LogP contribution in [0.2, 0.25) is 0 Å². The average Bonchev–Trinajstić information content (AvgIpc) is 3.95. The van der Waals surface area contributed by atoms with Gasteiger partial charge in [-0.25, -0.2) is 28.0 Å². The summed E-state index contributed by atoms with van der Waals surface area (Å²) in [7, 11) is 1.73. The number of carbonyl (C=O) groups excluding carboxylic acids is 2. The number of benzene rings is 4. The zero-order valence-electron chi connectivity index (χ0n) is 36.6. The van der Waals surface area contributed by atoms with Crippen molar-refractivity contribution in [2.75, 3.05) is 61.6 Å². The molecule has 2 fully saturated rings. The highest BCUT2D eigenvalue weighted by Gasteiger charge is 2.46. The van der Waals surface area contributed by atoms with Crippen molar-refractivity contribution in [1.29, 1.82) is 0 Å². The summed E-state index contributed by atoms with van der Waals surface area (Å²) in [5.41, 5.74) is 3.23. The van der Waals surface area contributed by atoms with E-state index in [0.717, 1.165) is 49.2 Å². The lowest BCUT2D eigenvalue weighted by molar-refractivity contribution is -0.192. The van der Waals surface area contributed by atoms with Crippen LogP contribution in [-0.2, 0) is 33.1 Å². The Bertz CT molecular complexity index is 2270. The molecule has 0 bridgehead atoms. The molecule has 7 rings (SSSR count). The Morgan fingerprint density at radius 3 is 2.16 bits per heavy atom. The summed E-state index contributed by atoms with van der Waals surface area (Å²) in [5, 5.41) is 7.13. The van der Waals surface area contributed by atoms with E-state index in [2.05, 4.69) is 25.2 Å². The van der Waals surface area contributed by atoms with Crippen molar-refractivity contribution in [2.24, 2.45) is 0 Å². The number of ether oxygens (including phenoxy) is 4. The number of likely N-dealkylation sites (N-methyl/N-ethyl adjacent to an activating group) is 1. The third-order valence-electron chi connectivity index (χ3n) is 11.6. The molecule has 3 heterocycles. The van der Waals surface area contributed by atoms with Gasteiger partial charge in [-0.1, -0.05) is 30.3 Å². The van der Waals surface area contributed by atoms with Gasteiger partial charge >= 0.3 is 12.1 Å².